The second-order valence-corrected chi connectivity index (χ2v) is 6.59. The SMILES string of the molecule is COc1cc2c3c(c1OC)C1=CC[C@H](O)C[C@H](O)[C@H](O1)[C@H]3NCC2. The molecule has 0 amide bonds. The number of hydrogen-bond donors (Lipinski definition) is 3. The highest BCUT2D eigenvalue weighted by Crippen LogP contribution is 2.50. The molecular formula is C18H23NO5. The molecule has 130 valence electrons. The zero-order chi connectivity index (χ0) is 16.8. The highest BCUT2D eigenvalue weighted by Gasteiger charge is 2.44. The van der Waals surface area contributed by atoms with Gasteiger partial charge in [-0.2, -0.15) is 0 Å². The molecular weight excluding hydrogens is 310 g/mol. The van der Waals surface area contributed by atoms with E-state index in [0.717, 1.165) is 24.1 Å². The smallest absolute Gasteiger partial charge is 0.172 e. The van der Waals surface area contributed by atoms with Crippen LogP contribution in [0, 0.1) is 0 Å². The Bertz CT molecular complexity index is 686. The third kappa shape index (κ3) is 2.29. The highest BCUT2D eigenvalue weighted by atomic mass is 16.5. The van der Waals surface area contributed by atoms with E-state index in [2.05, 4.69) is 5.32 Å². The number of ether oxygens (including phenoxy) is 3. The van der Waals surface area contributed by atoms with Crippen molar-refractivity contribution in [3.63, 3.8) is 0 Å². The van der Waals surface area contributed by atoms with Crippen LogP contribution in [-0.2, 0) is 11.2 Å². The van der Waals surface area contributed by atoms with Gasteiger partial charge in [0.1, 0.15) is 11.9 Å². The molecule has 3 N–H and O–H groups in total. The van der Waals surface area contributed by atoms with Gasteiger partial charge in [0, 0.05) is 6.42 Å². The maximum absolute atomic E-state index is 10.6. The Morgan fingerprint density at radius 3 is 2.83 bits per heavy atom. The lowest BCUT2D eigenvalue weighted by molar-refractivity contribution is -0.0393. The third-order valence-electron chi connectivity index (χ3n) is 5.17. The largest absolute Gasteiger partial charge is 0.493 e. The number of rotatable bonds is 2. The minimum absolute atomic E-state index is 0.124. The van der Waals surface area contributed by atoms with E-state index in [0.29, 0.717) is 30.1 Å². The van der Waals surface area contributed by atoms with Crippen LogP contribution in [-0.4, -0.2) is 49.3 Å². The van der Waals surface area contributed by atoms with E-state index < -0.39 is 18.3 Å². The molecule has 1 aromatic carbocycles. The molecule has 4 rings (SSSR count). The first-order valence-electron chi connectivity index (χ1n) is 8.38. The molecule has 2 bridgehead atoms. The molecule has 0 saturated heterocycles. The normalized spacial score (nSPS) is 31.1. The predicted molar refractivity (Wildman–Crippen MR) is 88.1 cm³/mol. The van der Waals surface area contributed by atoms with Gasteiger partial charge >= 0.3 is 0 Å². The average Bonchev–Trinajstić information content (AvgIpc) is 2.59. The molecule has 0 aromatic heterocycles. The molecule has 0 saturated carbocycles. The summed E-state index contributed by atoms with van der Waals surface area (Å²) in [5.41, 5.74) is 3.19. The molecule has 6 heteroatoms. The number of benzene rings is 1. The summed E-state index contributed by atoms with van der Waals surface area (Å²) in [5, 5.41) is 24.1. The molecule has 24 heavy (non-hydrogen) atoms. The third-order valence-corrected chi connectivity index (χ3v) is 5.17. The van der Waals surface area contributed by atoms with Crippen LogP contribution in [0.5, 0.6) is 11.5 Å². The van der Waals surface area contributed by atoms with Crippen LogP contribution in [0.2, 0.25) is 0 Å². The number of fused-ring (bicyclic) bond motifs is 4. The maximum Gasteiger partial charge on any atom is 0.172 e. The van der Waals surface area contributed by atoms with Crippen molar-refractivity contribution in [2.45, 2.75) is 43.6 Å². The van der Waals surface area contributed by atoms with Gasteiger partial charge in [-0.15, -0.1) is 0 Å². The van der Waals surface area contributed by atoms with Gasteiger partial charge in [0.15, 0.2) is 11.5 Å². The lowest BCUT2D eigenvalue weighted by atomic mass is 9.80. The zero-order valence-electron chi connectivity index (χ0n) is 13.9. The standard InChI is InChI=1S/C18H23NO5/c1-22-13-7-9-5-6-19-16-14(9)15(18(13)23-2)12-4-3-10(20)8-11(21)17(16)24-12/h4,7,10-11,16-17,19-21H,3,5-6,8H2,1-2H3/t10-,11-,16-,17-/m0/s1. The Hall–Kier alpha value is -1.76. The molecule has 3 aliphatic rings. The molecule has 0 spiro atoms. The van der Waals surface area contributed by atoms with E-state index in [4.69, 9.17) is 14.2 Å². The second kappa shape index (κ2) is 5.95. The van der Waals surface area contributed by atoms with Crippen LogP contribution in [0.25, 0.3) is 5.76 Å². The van der Waals surface area contributed by atoms with Crippen molar-refractivity contribution in [1.29, 1.82) is 0 Å². The van der Waals surface area contributed by atoms with Crippen molar-refractivity contribution in [3.8, 4) is 11.5 Å². The molecule has 0 fully saturated rings. The first-order valence-corrected chi connectivity index (χ1v) is 8.38. The van der Waals surface area contributed by atoms with Gasteiger partial charge in [0.2, 0.25) is 0 Å². The number of aliphatic hydroxyl groups is 2. The molecule has 3 heterocycles. The predicted octanol–water partition coefficient (Wildman–Crippen LogP) is 1.15. The van der Waals surface area contributed by atoms with Crippen molar-refractivity contribution in [3.05, 3.63) is 28.8 Å². The van der Waals surface area contributed by atoms with Crippen molar-refractivity contribution >= 4 is 5.76 Å². The fourth-order valence-corrected chi connectivity index (χ4v) is 4.09. The number of hydrogen-bond acceptors (Lipinski definition) is 6. The van der Waals surface area contributed by atoms with Crippen molar-refractivity contribution in [1.82, 2.24) is 5.32 Å². The Balaban J connectivity index is 1.98. The minimum Gasteiger partial charge on any atom is -0.493 e. The molecule has 0 radical (unpaired) electrons. The average molecular weight is 333 g/mol. The van der Waals surface area contributed by atoms with Gasteiger partial charge in [-0.1, -0.05) is 0 Å². The minimum atomic E-state index is -0.728. The van der Waals surface area contributed by atoms with E-state index in [1.807, 2.05) is 12.1 Å². The van der Waals surface area contributed by atoms with Crippen LogP contribution in [0.15, 0.2) is 12.1 Å². The topological polar surface area (TPSA) is 80.2 Å². The summed E-state index contributed by atoms with van der Waals surface area (Å²) < 4.78 is 17.3. The summed E-state index contributed by atoms with van der Waals surface area (Å²) >= 11 is 0. The van der Waals surface area contributed by atoms with E-state index in [1.165, 1.54) is 5.56 Å². The lowest BCUT2D eigenvalue weighted by Gasteiger charge is -2.43. The quantitative estimate of drug-likeness (QED) is 0.753. The first kappa shape index (κ1) is 15.7. The van der Waals surface area contributed by atoms with E-state index >= 15 is 0 Å². The summed E-state index contributed by atoms with van der Waals surface area (Å²) in [7, 11) is 3.24. The van der Waals surface area contributed by atoms with Crippen LogP contribution in [0.1, 0.15) is 35.6 Å². The highest BCUT2D eigenvalue weighted by molar-refractivity contribution is 5.76. The van der Waals surface area contributed by atoms with E-state index in [1.54, 1.807) is 14.2 Å². The summed E-state index contributed by atoms with van der Waals surface area (Å²) in [6.45, 7) is 0.806. The van der Waals surface area contributed by atoms with E-state index in [-0.39, 0.29) is 6.04 Å². The number of nitrogens with one attached hydrogen (secondary N) is 1. The second-order valence-electron chi connectivity index (χ2n) is 6.59. The van der Waals surface area contributed by atoms with Crippen molar-refractivity contribution in [2.24, 2.45) is 0 Å². The zero-order valence-corrected chi connectivity index (χ0v) is 13.9. The summed E-state index contributed by atoms with van der Waals surface area (Å²) in [5.74, 6) is 1.97. The van der Waals surface area contributed by atoms with Gasteiger partial charge in [-0.3, -0.25) is 0 Å². The molecule has 4 atom stereocenters. The van der Waals surface area contributed by atoms with Crippen LogP contribution >= 0.6 is 0 Å². The lowest BCUT2D eigenvalue weighted by Crippen LogP contribution is -2.48. The van der Waals surface area contributed by atoms with Gasteiger partial charge in [-0.05, 0) is 42.7 Å². The van der Waals surface area contributed by atoms with Gasteiger partial charge in [-0.25, -0.2) is 0 Å². The number of aliphatic hydroxyl groups excluding tert-OH is 2. The summed E-state index contributed by atoms with van der Waals surface area (Å²) in [4.78, 5) is 0. The van der Waals surface area contributed by atoms with Crippen molar-refractivity contribution in [2.75, 3.05) is 20.8 Å². The van der Waals surface area contributed by atoms with Gasteiger partial charge in [0.05, 0.1) is 38.0 Å². The van der Waals surface area contributed by atoms with Crippen LogP contribution in [0.4, 0.5) is 0 Å². The van der Waals surface area contributed by atoms with Crippen molar-refractivity contribution < 1.29 is 24.4 Å². The number of methoxy groups -OCH3 is 2. The molecule has 0 unspecified atom stereocenters. The van der Waals surface area contributed by atoms with Gasteiger partial charge in [0.25, 0.3) is 0 Å². The van der Waals surface area contributed by atoms with Crippen LogP contribution < -0.4 is 14.8 Å². The molecule has 3 aliphatic heterocycles. The Morgan fingerprint density at radius 2 is 2.08 bits per heavy atom. The molecule has 1 aromatic rings. The molecule has 0 aliphatic carbocycles. The maximum atomic E-state index is 10.6. The summed E-state index contributed by atoms with van der Waals surface area (Å²) in [6.07, 6.45) is 1.80. The molecule has 6 nitrogen and oxygen atoms in total. The monoisotopic (exact) mass is 333 g/mol. The summed E-state index contributed by atoms with van der Waals surface area (Å²) in [6, 6.07) is 1.90. The fraction of sp³-hybridized carbons (Fsp3) is 0.556. The van der Waals surface area contributed by atoms with E-state index in [9.17, 15) is 10.2 Å². The Morgan fingerprint density at radius 1 is 1.25 bits per heavy atom. The van der Waals surface area contributed by atoms with Gasteiger partial charge < -0.3 is 29.7 Å². The van der Waals surface area contributed by atoms with Crippen LogP contribution in [0.3, 0.4) is 0 Å². The Kier molecular flexibility index (Phi) is 3.90. The fourth-order valence-electron chi connectivity index (χ4n) is 4.09. The Labute approximate surface area is 141 Å². The first-order chi connectivity index (χ1) is 11.6.